The Kier molecular flexibility index (Phi) is 4.24. The highest BCUT2D eigenvalue weighted by Gasteiger charge is 2.20. The quantitative estimate of drug-likeness (QED) is 0.297. The lowest BCUT2D eigenvalue weighted by molar-refractivity contribution is -0.384. The third-order valence-corrected chi connectivity index (χ3v) is 3.68. The number of rotatable bonds is 6. The summed E-state index contributed by atoms with van der Waals surface area (Å²) in [5, 5.41) is 12.0. The zero-order valence-corrected chi connectivity index (χ0v) is 12.4. The van der Waals surface area contributed by atoms with Crippen molar-refractivity contribution in [3.05, 3.63) is 64.2 Å². The molecule has 6 nitrogen and oxygen atoms in total. The number of nitro groups is 1. The van der Waals surface area contributed by atoms with Gasteiger partial charge in [-0.15, -0.1) is 0 Å². The van der Waals surface area contributed by atoms with E-state index in [4.69, 9.17) is 4.42 Å². The van der Waals surface area contributed by atoms with Crippen LogP contribution in [0.25, 0.3) is 22.1 Å². The van der Waals surface area contributed by atoms with Gasteiger partial charge in [0.1, 0.15) is 11.4 Å². The van der Waals surface area contributed by atoms with E-state index in [9.17, 15) is 19.3 Å². The Balaban J connectivity index is 2.12. The topological polar surface area (TPSA) is 82.6 Å². The van der Waals surface area contributed by atoms with E-state index in [-0.39, 0.29) is 12.3 Å². The predicted molar refractivity (Wildman–Crippen MR) is 84.0 cm³/mol. The number of carbonyl (C=O) groups excluding carboxylic acids is 1. The van der Waals surface area contributed by atoms with Gasteiger partial charge < -0.3 is 9.15 Å². The number of carbonyl (C=O) groups is 1. The molecule has 0 aliphatic carbocycles. The zero-order chi connectivity index (χ0) is 17.1. The summed E-state index contributed by atoms with van der Waals surface area (Å²) in [5.41, 5.74) is 1.91. The maximum absolute atomic E-state index is 13.1. The average Bonchev–Trinajstić information content (AvgIpc) is 2.97. The molecule has 1 heterocycles. The van der Waals surface area contributed by atoms with Gasteiger partial charge in [0.15, 0.2) is 0 Å². The summed E-state index contributed by atoms with van der Waals surface area (Å²) in [5.74, 6) is -0.419. The molecule has 0 saturated carbocycles. The second-order valence-corrected chi connectivity index (χ2v) is 5.11. The number of ether oxygens (including phenoxy) is 1. The van der Waals surface area contributed by atoms with E-state index in [1.165, 1.54) is 36.6 Å². The molecule has 3 aromatic rings. The standard InChI is InChI=1S/C17H12FNO5/c18-13-3-1-11(2-4-13)14-7-15-12(5-6-23-10-20)9-24-17(15)8-16(14)19(21)22/h1-4,7-10H,5-6H2. The average molecular weight is 329 g/mol. The van der Waals surface area contributed by atoms with Crippen LogP contribution in [0.4, 0.5) is 10.1 Å². The van der Waals surface area contributed by atoms with Crippen molar-refractivity contribution in [3.8, 4) is 11.1 Å². The Hall–Kier alpha value is -3.22. The second kappa shape index (κ2) is 6.49. The van der Waals surface area contributed by atoms with Gasteiger partial charge in [0.25, 0.3) is 12.2 Å². The molecule has 0 unspecified atom stereocenters. The van der Waals surface area contributed by atoms with Gasteiger partial charge >= 0.3 is 0 Å². The Labute approximate surface area is 135 Å². The number of hydrogen-bond donors (Lipinski definition) is 0. The minimum Gasteiger partial charge on any atom is -0.468 e. The van der Waals surface area contributed by atoms with E-state index in [0.717, 1.165) is 5.56 Å². The number of halogens is 1. The fourth-order valence-corrected chi connectivity index (χ4v) is 2.54. The Bertz CT molecular complexity index is 901. The minimum absolute atomic E-state index is 0.126. The molecule has 0 N–H and O–H groups in total. The summed E-state index contributed by atoms with van der Waals surface area (Å²) < 4.78 is 23.2. The van der Waals surface area contributed by atoms with Crippen molar-refractivity contribution in [1.82, 2.24) is 0 Å². The molecule has 0 saturated heterocycles. The van der Waals surface area contributed by atoms with E-state index in [1.54, 1.807) is 6.07 Å². The maximum Gasteiger partial charge on any atom is 0.293 e. The normalized spacial score (nSPS) is 10.7. The highest BCUT2D eigenvalue weighted by molar-refractivity contribution is 5.91. The molecule has 0 bridgehead atoms. The summed E-state index contributed by atoms with van der Waals surface area (Å²) in [6.07, 6.45) is 1.91. The third-order valence-electron chi connectivity index (χ3n) is 3.68. The van der Waals surface area contributed by atoms with Crippen molar-refractivity contribution < 1.29 is 23.3 Å². The Morgan fingerprint density at radius 1 is 1.25 bits per heavy atom. The van der Waals surface area contributed by atoms with Crippen molar-refractivity contribution in [3.63, 3.8) is 0 Å². The van der Waals surface area contributed by atoms with Crippen LogP contribution in [0.1, 0.15) is 5.56 Å². The van der Waals surface area contributed by atoms with Gasteiger partial charge in [-0.1, -0.05) is 12.1 Å². The van der Waals surface area contributed by atoms with Crippen LogP contribution in [0.2, 0.25) is 0 Å². The van der Waals surface area contributed by atoms with Crippen LogP contribution in [0.15, 0.2) is 47.1 Å². The van der Waals surface area contributed by atoms with Gasteiger partial charge in [-0.05, 0) is 23.8 Å². The lowest BCUT2D eigenvalue weighted by Gasteiger charge is -2.05. The predicted octanol–water partition coefficient (Wildman–Crippen LogP) is 3.86. The van der Waals surface area contributed by atoms with Crippen molar-refractivity contribution >= 4 is 23.1 Å². The molecule has 0 fully saturated rings. The van der Waals surface area contributed by atoms with Crippen LogP contribution in [-0.2, 0) is 16.0 Å². The molecule has 0 aliphatic rings. The first-order chi connectivity index (χ1) is 11.6. The number of fused-ring (bicyclic) bond motifs is 1. The smallest absolute Gasteiger partial charge is 0.293 e. The molecule has 122 valence electrons. The van der Waals surface area contributed by atoms with Crippen LogP contribution in [0, 0.1) is 15.9 Å². The molecular formula is C17H12FNO5. The van der Waals surface area contributed by atoms with Gasteiger partial charge in [-0.2, -0.15) is 0 Å². The molecule has 0 spiro atoms. The zero-order valence-electron chi connectivity index (χ0n) is 12.4. The monoisotopic (exact) mass is 329 g/mol. The van der Waals surface area contributed by atoms with E-state index in [1.807, 2.05) is 0 Å². The maximum atomic E-state index is 13.1. The first-order valence-electron chi connectivity index (χ1n) is 7.10. The highest BCUT2D eigenvalue weighted by atomic mass is 19.1. The summed E-state index contributed by atoms with van der Waals surface area (Å²) in [7, 11) is 0. The van der Waals surface area contributed by atoms with Gasteiger partial charge in [-0.25, -0.2) is 4.39 Å². The first-order valence-corrected chi connectivity index (χ1v) is 7.10. The number of hydrogen-bond acceptors (Lipinski definition) is 5. The van der Waals surface area contributed by atoms with Crippen LogP contribution in [0.5, 0.6) is 0 Å². The molecule has 1 aromatic heterocycles. The van der Waals surface area contributed by atoms with E-state index < -0.39 is 10.7 Å². The van der Waals surface area contributed by atoms with E-state index in [0.29, 0.717) is 35.0 Å². The van der Waals surface area contributed by atoms with Gasteiger partial charge in [0.05, 0.1) is 29.4 Å². The van der Waals surface area contributed by atoms with E-state index in [2.05, 4.69) is 4.74 Å². The van der Waals surface area contributed by atoms with Crippen LogP contribution in [0.3, 0.4) is 0 Å². The number of nitro benzene ring substituents is 1. The SMILES string of the molecule is O=COCCc1coc2cc([N+](=O)[O-])c(-c3ccc(F)cc3)cc12. The first kappa shape index (κ1) is 15.7. The molecule has 0 radical (unpaired) electrons. The summed E-state index contributed by atoms with van der Waals surface area (Å²) in [4.78, 5) is 21.1. The van der Waals surface area contributed by atoms with Gasteiger partial charge in [0.2, 0.25) is 0 Å². The van der Waals surface area contributed by atoms with Crippen LogP contribution < -0.4 is 0 Å². The largest absolute Gasteiger partial charge is 0.468 e. The van der Waals surface area contributed by atoms with Crippen molar-refractivity contribution in [2.75, 3.05) is 6.61 Å². The van der Waals surface area contributed by atoms with Crippen molar-refractivity contribution in [2.24, 2.45) is 0 Å². The number of furan rings is 1. The highest BCUT2D eigenvalue weighted by Crippen LogP contribution is 2.36. The van der Waals surface area contributed by atoms with Gasteiger partial charge in [0, 0.05) is 17.4 Å². The number of nitrogens with zero attached hydrogens (tertiary/aromatic N) is 1. The summed E-state index contributed by atoms with van der Waals surface area (Å²) >= 11 is 0. The minimum atomic E-state index is -0.504. The second-order valence-electron chi connectivity index (χ2n) is 5.11. The molecule has 3 rings (SSSR count). The summed E-state index contributed by atoms with van der Waals surface area (Å²) in [6, 6.07) is 8.45. The summed E-state index contributed by atoms with van der Waals surface area (Å²) in [6.45, 7) is 0.540. The van der Waals surface area contributed by atoms with Gasteiger partial charge in [-0.3, -0.25) is 14.9 Å². The fraction of sp³-hybridized carbons (Fsp3) is 0.118. The molecule has 0 amide bonds. The Morgan fingerprint density at radius 3 is 2.67 bits per heavy atom. The van der Waals surface area contributed by atoms with Crippen LogP contribution >= 0.6 is 0 Å². The number of benzene rings is 2. The van der Waals surface area contributed by atoms with Crippen molar-refractivity contribution in [2.45, 2.75) is 6.42 Å². The molecule has 2 aromatic carbocycles. The molecule has 24 heavy (non-hydrogen) atoms. The molecule has 0 atom stereocenters. The fourth-order valence-electron chi connectivity index (χ4n) is 2.54. The van der Waals surface area contributed by atoms with Crippen LogP contribution in [-0.4, -0.2) is 18.0 Å². The Morgan fingerprint density at radius 2 is 2.00 bits per heavy atom. The molecular weight excluding hydrogens is 317 g/mol. The van der Waals surface area contributed by atoms with E-state index >= 15 is 0 Å². The molecule has 0 aliphatic heterocycles. The lowest BCUT2D eigenvalue weighted by Crippen LogP contribution is -1.96. The third kappa shape index (κ3) is 2.96. The lowest BCUT2D eigenvalue weighted by atomic mass is 10.00. The molecule has 7 heteroatoms. The van der Waals surface area contributed by atoms with Crippen molar-refractivity contribution in [1.29, 1.82) is 0 Å².